The molecule has 0 saturated carbocycles. The summed E-state index contributed by atoms with van der Waals surface area (Å²) in [5, 5.41) is 32.9. The zero-order valence-corrected chi connectivity index (χ0v) is 18.7. The summed E-state index contributed by atoms with van der Waals surface area (Å²) in [7, 11) is 0. The van der Waals surface area contributed by atoms with Gasteiger partial charge in [0.25, 0.3) is 0 Å². The SMILES string of the molecule is CC1=C(/C=C/C(C)=C/C=C/C(C)=C/CO)C(C)(C)CCC1.O=C(O)CC(O)C(=O)O. The lowest BCUT2D eigenvalue weighted by Gasteiger charge is -2.32. The van der Waals surface area contributed by atoms with Crippen LogP contribution in [0.2, 0.25) is 0 Å². The molecule has 1 atom stereocenters. The number of carboxylic acids is 2. The fraction of sp³-hybridized carbons (Fsp3) is 0.500. The Morgan fingerprint density at radius 2 is 1.77 bits per heavy atom. The summed E-state index contributed by atoms with van der Waals surface area (Å²) in [6, 6.07) is 0. The lowest BCUT2D eigenvalue weighted by Crippen LogP contribution is -2.22. The average molecular weight is 421 g/mol. The molecule has 0 aromatic carbocycles. The van der Waals surface area contributed by atoms with Gasteiger partial charge in [0.05, 0.1) is 13.0 Å². The van der Waals surface area contributed by atoms with E-state index in [9.17, 15) is 9.59 Å². The first-order valence-electron chi connectivity index (χ1n) is 10.0. The van der Waals surface area contributed by atoms with Crippen molar-refractivity contribution in [2.24, 2.45) is 5.41 Å². The fourth-order valence-electron chi connectivity index (χ4n) is 3.10. The van der Waals surface area contributed by atoms with Crippen molar-refractivity contribution in [2.75, 3.05) is 6.61 Å². The van der Waals surface area contributed by atoms with Crippen LogP contribution in [0.1, 0.15) is 60.3 Å². The summed E-state index contributed by atoms with van der Waals surface area (Å²) >= 11 is 0. The predicted octanol–water partition coefficient (Wildman–Crippen LogP) is 4.42. The molecule has 0 spiro atoms. The summed E-state index contributed by atoms with van der Waals surface area (Å²) < 4.78 is 0. The molecule has 0 heterocycles. The Labute approximate surface area is 179 Å². The van der Waals surface area contributed by atoms with Gasteiger partial charge in [-0.15, -0.1) is 0 Å². The minimum atomic E-state index is -1.79. The molecule has 0 aromatic heterocycles. The summed E-state index contributed by atoms with van der Waals surface area (Å²) in [5.74, 6) is -2.85. The number of hydrogen-bond donors (Lipinski definition) is 4. The number of allylic oxidation sites excluding steroid dienone is 9. The summed E-state index contributed by atoms with van der Waals surface area (Å²) in [6.45, 7) is 11.2. The molecule has 0 aromatic rings. The molecule has 0 amide bonds. The third kappa shape index (κ3) is 11.5. The van der Waals surface area contributed by atoms with Gasteiger partial charge in [0, 0.05) is 0 Å². The number of aliphatic carboxylic acids is 2. The van der Waals surface area contributed by atoms with E-state index in [2.05, 4.69) is 45.9 Å². The summed E-state index contributed by atoms with van der Waals surface area (Å²) in [4.78, 5) is 19.4. The number of aliphatic hydroxyl groups is 2. The van der Waals surface area contributed by atoms with Gasteiger partial charge in [-0.3, -0.25) is 4.79 Å². The van der Waals surface area contributed by atoms with Crippen molar-refractivity contribution in [2.45, 2.75) is 66.4 Å². The monoisotopic (exact) mass is 420 g/mol. The Morgan fingerprint density at radius 1 is 1.13 bits per heavy atom. The van der Waals surface area contributed by atoms with Crippen molar-refractivity contribution in [1.29, 1.82) is 0 Å². The molecule has 0 radical (unpaired) electrons. The van der Waals surface area contributed by atoms with Crippen LogP contribution in [0.3, 0.4) is 0 Å². The molecule has 0 bridgehead atoms. The van der Waals surface area contributed by atoms with Crippen LogP contribution in [0, 0.1) is 5.41 Å². The van der Waals surface area contributed by atoms with Crippen LogP contribution >= 0.6 is 0 Å². The Hall–Kier alpha value is -2.44. The first kappa shape index (κ1) is 27.6. The van der Waals surface area contributed by atoms with Gasteiger partial charge in [0.1, 0.15) is 0 Å². The van der Waals surface area contributed by atoms with Crippen LogP contribution in [-0.4, -0.2) is 45.1 Å². The second-order valence-electron chi connectivity index (χ2n) is 8.12. The quantitative estimate of drug-likeness (QED) is 0.432. The van der Waals surface area contributed by atoms with E-state index < -0.39 is 24.5 Å². The molecule has 6 heteroatoms. The van der Waals surface area contributed by atoms with Crippen molar-refractivity contribution in [3.05, 3.63) is 58.7 Å². The average Bonchev–Trinajstić information content (AvgIpc) is 2.61. The van der Waals surface area contributed by atoms with Crippen molar-refractivity contribution >= 4 is 11.9 Å². The number of carbonyl (C=O) groups is 2. The van der Waals surface area contributed by atoms with Gasteiger partial charge in [0.15, 0.2) is 6.10 Å². The third-order valence-corrected chi connectivity index (χ3v) is 4.84. The first-order valence-corrected chi connectivity index (χ1v) is 10.0. The molecule has 0 aliphatic heterocycles. The van der Waals surface area contributed by atoms with E-state index in [1.54, 1.807) is 6.08 Å². The summed E-state index contributed by atoms with van der Waals surface area (Å²) in [5.41, 5.74) is 5.66. The maximum atomic E-state index is 9.72. The van der Waals surface area contributed by atoms with E-state index in [1.807, 2.05) is 19.1 Å². The zero-order valence-electron chi connectivity index (χ0n) is 18.7. The van der Waals surface area contributed by atoms with Gasteiger partial charge >= 0.3 is 11.9 Å². The van der Waals surface area contributed by atoms with Gasteiger partial charge in [0.2, 0.25) is 0 Å². The normalized spacial score (nSPS) is 18.4. The van der Waals surface area contributed by atoms with Gasteiger partial charge in [-0.1, -0.05) is 67.0 Å². The number of aliphatic hydroxyl groups excluding tert-OH is 2. The van der Waals surface area contributed by atoms with Crippen LogP contribution in [0.25, 0.3) is 0 Å². The molecule has 0 fully saturated rings. The van der Waals surface area contributed by atoms with Crippen molar-refractivity contribution in [3.8, 4) is 0 Å². The lowest BCUT2D eigenvalue weighted by atomic mass is 9.72. The van der Waals surface area contributed by atoms with E-state index in [-0.39, 0.29) is 6.61 Å². The number of hydrogen-bond acceptors (Lipinski definition) is 4. The van der Waals surface area contributed by atoms with Gasteiger partial charge < -0.3 is 20.4 Å². The molecule has 168 valence electrons. The van der Waals surface area contributed by atoms with Crippen LogP contribution in [-0.2, 0) is 9.59 Å². The van der Waals surface area contributed by atoms with Crippen molar-refractivity contribution < 1.29 is 30.0 Å². The maximum Gasteiger partial charge on any atom is 0.333 e. The molecule has 1 rings (SSSR count). The molecule has 6 nitrogen and oxygen atoms in total. The molecule has 0 saturated heterocycles. The summed E-state index contributed by atoms with van der Waals surface area (Å²) in [6.07, 6.45) is 13.7. The molecule has 1 unspecified atom stereocenters. The van der Waals surface area contributed by atoms with Crippen LogP contribution in [0.15, 0.2) is 58.7 Å². The molecule has 4 N–H and O–H groups in total. The van der Waals surface area contributed by atoms with E-state index in [0.717, 1.165) is 5.57 Å². The van der Waals surface area contributed by atoms with Crippen molar-refractivity contribution in [3.63, 3.8) is 0 Å². The predicted molar refractivity (Wildman–Crippen MR) is 119 cm³/mol. The lowest BCUT2D eigenvalue weighted by molar-refractivity contribution is -0.152. The van der Waals surface area contributed by atoms with Gasteiger partial charge in [-0.25, -0.2) is 4.79 Å². The Bertz CT molecular complexity index is 735. The van der Waals surface area contributed by atoms with Gasteiger partial charge in [-0.05, 0) is 51.0 Å². The fourth-order valence-corrected chi connectivity index (χ4v) is 3.10. The Kier molecular flexibility index (Phi) is 12.6. The van der Waals surface area contributed by atoms with Crippen LogP contribution < -0.4 is 0 Å². The zero-order chi connectivity index (χ0) is 23.3. The Morgan fingerprint density at radius 3 is 2.23 bits per heavy atom. The van der Waals surface area contributed by atoms with Crippen LogP contribution in [0.5, 0.6) is 0 Å². The second kappa shape index (κ2) is 13.7. The largest absolute Gasteiger partial charge is 0.481 e. The Balaban J connectivity index is 0.000000787. The minimum absolute atomic E-state index is 0.0985. The first-order chi connectivity index (χ1) is 13.9. The maximum absolute atomic E-state index is 9.72. The highest BCUT2D eigenvalue weighted by Gasteiger charge is 2.26. The van der Waals surface area contributed by atoms with Crippen LogP contribution in [0.4, 0.5) is 0 Å². The number of rotatable bonds is 8. The standard InChI is InChI=1S/C20H30O.C4H6O5/c1-16(8-6-9-17(2)13-15-21)11-12-19-18(3)10-7-14-20(19,4)5;5-2(4(8)9)1-3(6)7/h6,8-9,11-13,21H,7,10,14-15H2,1-5H3;2,5H,1H2,(H,6,7)(H,8,9)/b9-6+,12-11+,16-8+,17-13+;. The van der Waals surface area contributed by atoms with Gasteiger partial charge in [-0.2, -0.15) is 0 Å². The molecule has 1 aliphatic rings. The van der Waals surface area contributed by atoms with Crippen molar-refractivity contribution in [1.82, 2.24) is 0 Å². The molecular weight excluding hydrogens is 384 g/mol. The molecule has 1 aliphatic carbocycles. The molecule has 30 heavy (non-hydrogen) atoms. The minimum Gasteiger partial charge on any atom is -0.481 e. The van der Waals surface area contributed by atoms with E-state index in [4.69, 9.17) is 20.4 Å². The third-order valence-electron chi connectivity index (χ3n) is 4.84. The highest BCUT2D eigenvalue weighted by atomic mass is 16.4. The highest BCUT2D eigenvalue weighted by Crippen LogP contribution is 2.40. The second-order valence-corrected chi connectivity index (χ2v) is 8.12. The highest BCUT2D eigenvalue weighted by molar-refractivity contribution is 5.79. The van der Waals surface area contributed by atoms with E-state index in [0.29, 0.717) is 5.41 Å². The number of carboxylic acid groups (broad SMARTS) is 2. The molecular formula is C24H36O6. The van der Waals surface area contributed by atoms with E-state index in [1.165, 1.54) is 36.0 Å². The smallest absolute Gasteiger partial charge is 0.333 e. The van der Waals surface area contributed by atoms with E-state index >= 15 is 0 Å². The topological polar surface area (TPSA) is 115 Å².